The fraction of sp³-hybridized carbons (Fsp3) is 0.182. The molecule has 2 rings (SSSR count). The molecule has 104 valence electrons. The first-order valence-corrected chi connectivity index (χ1v) is 5.39. The van der Waals surface area contributed by atoms with Crippen molar-refractivity contribution < 1.29 is 19.2 Å². The largest absolute Gasteiger partial charge is 0.490 e. The predicted molar refractivity (Wildman–Crippen MR) is 65.9 cm³/mol. The maximum atomic E-state index is 11.3. The quantitative estimate of drug-likeness (QED) is 0.465. The first-order chi connectivity index (χ1) is 9.56. The number of methoxy groups -OCH3 is 2. The minimum absolute atomic E-state index is 0.0858. The molecule has 0 fully saturated rings. The summed E-state index contributed by atoms with van der Waals surface area (Å²) in [5.41, 5.74) is 0.305. The van der Waals surface area contributed by atoms with Gasteiger partial charge in [0.2, 0.25) is 0 Å². The highest BCUT2D eigenvalue weighted by Gasteiger charge is 2.17. The standard InChI is InChI=1S/C11H10N4O5/c1-19-9-5-7(3-4-8(9)15(17)18)14-6-12-10(13-14)11(16)20-2/h3-6H,1-2H3. The summed E-state index contributed by atoms with van der Waals surface area (Å²) in [5.74, 6) is -0.690. The number of hydrogen-bond acceptors (Lipinski definition) is 7. The van der Waals surface area contributed by atoms with E-state index in [4.69, 9.17) is 4.74 Å². The third kappa shape index (κ3) is 2.41. The van der Waals surface area contributed by atoms with Crippen molar-refractivity contribution in [3.8, 4) is 11.4 Å². The van der Waals surface area contributed by atoms with Gasteiger partial charge in [0.05, 0.1) is 24.8 Å². The van der Waals surface area contributed by atoms with Crippen LogP contribution in [0.4, 0.5) is 5.69 Å². The minimum Gasteiger partial charge on any atom is -0.490 e. The van der Waals surface area contributed by atoms with Gasteiger partial charge in [-0.1, -0.05) is 0 Å². The molecule has 0 radical (unpaired) electrons. The van der Waals surface area contributed by atoms with Gasteiger partial charge in [-0.05, 0) is 6.07 Å². The molecule has 1 aromatic carbocycles. The normalized spacial score (nSPS) is 10.1. The zero-order valence-corrected chi connectivity index (χ0v) is 10.6. The molecule has 0 aliphatic heterocycles. The van der Waals surface area contributed by atoms with Gasteiger partial charge < -0.3 is 9.47 Å². The van der Waals surface area contributed by atoms with E-state index >= 15 is 0 Å². The Hall–Kier alpha value is -2.97. The molecule has 2 aromatic rings. The van der Waals surface area contributed by atoms with Crippen molar-refractivity contribution in [3.05, 3.63) is 40.5 Å². The van der Waals surface area contributed by atoms with Crippen molar-refractivity contribution in [1.29, 1.82) is 0 Å². The lowest BCUT2D eigenvalue weighted by Crippen LogP contribution is -2.05. The molecule has 0 bridgehead atoms. The zero-order chi connectivity index (χ0) is 14.7. The van der Waals surface area contributed by atoms with E-state index in [0.717, 1.165) is 0 Å². The molecule has 0 unspecified atom stereocenters. The molecule has 20 heavy (non-hydrogen) atoms. The Labute approximate surface area is 112 Å². The zero-order valence-electron chi connectivity index (χ0n) is 10.6. The summed E-state index contributed by atoms with van der Waals surface area (Å²) < 4.78 is 10.7. The van der Waals surface area contributed by atoms with Gasteiger partial charge in [0, 0.05) is 12.1 Å². The number of benzene rings is 1. The molecule has 0 spiro atoms. The number of nitrogens with zero attached hydrogens (tertiary/aromatic N) is 4. The fourth-order valence-electron chi connectivity index (χ4n) is 1.53. The van der Waals surface area contributed by atoms with Crippen LogP contribution in [-0.4, -0.2) is 39.9 Å². The van der Waals surface area contributed by atoms with Crippen molar-refractivity contribution in [2.24, 2.45) is 0 Å². The first kappa shape index (κ1) is 13.5. The summed E-state index contributed by atoms with van der Waals surface area (Å²) in [6.45, 7) is 0. The van der Waals surface area contributed by atoms with Crippen LogP contribution in [0.2, 0.25) is 0 Å². The third-order valence-electron chi connectivity index (χ3n) is 2.48. The fourth-order valence-corrected chi connectivity index (χ4v) is 1.53. The van der Waals surface area contributed by atoms with E-state index in [1.54, 1.807) is 0 Å². The third-order valence-corrected chi connectivity index (χ3v) is 2.48. The van der Waals surface area contributed by atoms with Crippen LogP contribution in [0.3, 0.4) is 0 Å². The van der Waals surface area contributed by atoms with Crippen LogP contribution < -0.4 is 4.74 Å². The SMILES string of the molecule is COC(=O)c1ncn(-c2ccc([N+](=O)[O-])c(OC)c2)n1. The lowest BCUT2D eigenvalue weighted by molar-refractivity contribution is -0.385. The molecule has 0 aliphatic rings. The number of nitro groups is 1. The lowest BCUT2D eigenvalue weighted by Gasteiger charge is -2.04. The molecular formula is C11H10N4O5. The van der Waals surface area contributed by atoms with Crippen LogP contribution in [0.15, 0.2) is 24.5 Å². The summed E-state index contributed by atoms with van der Waals surface area (Å²) in [7, 11) is 2.55. The highest BCUT2D eigenvalue weighted by molar-refractivity contribution is 5.84. The topological polar surface area (TPSA) is 109 Å². The maximum Gasteiger partial charge on any atom is 0.377 e. The lowest BCUT2D eigenvalue weighted by atomic mass is 10.2. The molecule has 0 aliphatic carbocycles. The highest BCUT2D eigenvalue weighted by Crippen LogP contribution is 2.28. The van der Waals surface area contributed by atoms with Crippen molar-refractivity contribution in [1.82, 2.24) is 14.8 Å². The Morgan fingerprint density at radius 3 is 2.75 bits per heavy atom. The van der Waals surface area contributed by atoms with Gasteiger partial charge in [-0.25, -0.2) is 14.5 Å². The van der Waals surface area contributed by atoms with Crippen molar-refractivity contribution in [2.75, 3.05) is 14.2 Å². The second-order valence-corrected chi connectivity index (χ2v) is 3.62. The van der Waals surface area contributed by atoms with Gasteiger partial charge in [-0.3, -0.25) is 10.1 Å². The molecule has 1 aromatic heterocycles. The van der Waals surface area contributed by atoms with Crippen molar-refractivity contribution in [3.63, 3.8) is 0 Å². The molecule has 0 saturated heterocycles. The Kier molecular flexibility index (Phi) is 3.60. The average Bonchev–Trinajstić information content (AvgIpc) is 2.95. The van der Waals surface area contributed by atoms with Gasteiger partial charge in [-0.15, -0.1) is 5.10 Å². The highest BCUT2D eigenvalue weighted by atomic mass is 16.6. The molecule has 1 heterocycles. The van der Waals surface area contributed by atoms with Gasteiger partial charge in [-0.2, -0.15) is 0 Å². The van der Waals surface area contributed by atoms with Crippen LogP contribution in [0.25, 0.3) is 5.69 Å². The summed E-state index contributed by atoms with van der Waals surface area (Å²) in [5, 5.41) is 14.7. The van der Waals surface area contributed by atoms with E-state index < -0.39 is 10.9 Å². The summed E-state index contributed by atoms with van der Waals surface area (Å²) in [4.78, 5) is 25.3. The number of carbonyl (C=O) groups excluding carboxylic acids is 1. The Morgan fingerprint density at radius 2 is 2.15 bits per heavy atom. The summed E-state index contributed by atoms with van der Waals surface area (Å²) in [6.07, 6.45) is 1.30. The van der Waals surface area contributed by atoms with Gasteiger partial charge in [0.1, 0.15) is 6.33 Å². The Balaban J connectivity index is 2.40. The number of hydrogen-bond donors (Lipinski definition) is 0. The second-order valence-electron chi connectivity index (χ2n) is 3.62. The molecule has 0 N–H and O–H groups in total. The van der Waals surface area contributed by atoms with E-state index in [1.807, 2.05) is 0 Å². The van der Waals surface area contributed by atoms with E-state index in [2.05, 4.69) is 14.8 Å². The maximum absolute atomic E-state index is 11.3. The van der Waals surface area contributed by atoms with Gasteiger partial charge in [0.25, 0.3) is 5.82 Å². The number of aromatic nitrogens is 3. The molecule has 9 heteroatoms. The number of rotatable bonds is 4. The van der Waals surface area contributed by atoms with Gasteiger partial charge >= 0.3 is 11.7 Å². The first-order valence-electron chi connectivity index (χ1n) is 5.39. The van der Waals surface area contributed by atoms with E-state index in [1.165, 1.54) is 43.4 Å². The summed E-state index contributed by atoms with van der Waals surface area (Å²) in [6, 6.07) is 4.18. The van der Waals surface area contributed by atoms with Crippen molar-refractivity contribution in [2.45, 2.75) is 0 Å². The van der Waals surface area contributed by atoms with Crippen LogP contribution in [-0.2, 0) is 4.74 Å². The molecule has 0 amide bonds. The Morgan fingerprint density at radius 1 is 1.40 bits per heavy atom. The van der Waals surface area contributed by atoms with Crippen LogP contribution in [0.5, 0.6) is 5.75 Å². The average molecular weight is 278 g/mol. The Bertz CT molecular complexity index is 667. The van der Waals surface area contributed by atoms with E-state index in [-0.39, 0.29) is 17.3 Å². The monoisotopic (exact) mass is 278 g/mol. The summed E-state index contributed by atoms with van der Waals surface area (Å²) >= 11 is 0. The van der Waals surface area contributed by atoms with Crippen LogP contribution in [0.1, 0.15) is 10.6 Å². The molecule has 9 nitrogen and oxygen atoms in total. The number of nitro benzene ring substituents is 1. The van der Waals surface area contributed by atoms with E-state index in [9.17, 15) is 14.9 Å². The van der Waals surface area contributed by atoms with Gasteiger partial charge in [0.15, 0.2) is 5.75 Å². The number of esters is 1. The smallest absolute Gasteiger partial charge is 0.377 e. The van der Waals surface area contributed by atoms with Crippen LogP contribution in [0, 0.1) is 10.1 Å². The molecule has 0 saturated carbocycles. The number of carbonyl (C=O) groups is 1. The second kappa shape index (κ2) is 5.34. The van der Waals surface area contributed by atoms with E-state index in [0.29, 0.717) is 5.69 Å². The molecular weight excluding hydrogens is 268 g/mol. The minimum atomic E-state index is -0.669. The van der Waals surface area contributed by atoms with Crippen molar-refractivity contribution >= 4 is 11.7 Å². The molecule has 0 atom stereocenters. The predicted octanol–water partition coefficient (Wildman–Crippen LogP) is 0.971. The number of ether oxygens (including phenoxy) is 2. The van der Waals surface area contributed by atoms with Crippen LogP contribution >= 0.6 is 0 Å².